The molecule has 0 spiro atoms. The highest BCUT2D eigenvalue weighted by Crippen LogP contribution is 2.17. The molecule has 1 rings (SSSR count). The number of thioether (sulfide) groups is 1. The van der Waals surface area contributed by atoms with Gasteiger partial charge in [-0.15, -0.1) is 0 Å². The minimum Gasteiger partial charge on any atom is -0.378 e. The molecule has 72 valence electrons. The van der Waals surface area contributed by atoms with Crippen molar-refractivity contribution in [3.63, 3.8) is 0 Å². The van der Waals surface area contributed by atoms with Crippen LogP contribution in [-0.4, -0.2) is 30.8 Å². The molecule has 12 heavy (non-hydrogen) atoms. The van der Waals surface area contributed by atoms with E-state index in [4.69, 9.17) is 10.5 Å². The molecule has 0 radical (unpaired) electrons. The molecule has 0 bridgehead atoms. The fraction of sp³-hybridized carbons (Fsp3) is 1.00. The zero-order chi connectivity index (χ0) is 8.65. The van der Waals surface area contributed by atoms with Gasteiger partial charge in [-0.2, -0.15) is 11.8 Å². The number of rotatable bonds is 6. The van der Waals surface area contributed by atoms with E-state index >= 15 is 0 Å². The van der Waals surface area contributed by atoms with Crippen molar-refractivity contribution in [2.75, 3.05) is 24.7 Å². The van der Waals surface area contributed by atoms with Gasteiger partial charge < -0.3 is 10.5 Å². The first-order valence-corrected chi connectivity index (χ1v) is 5.98. The summed E-state index contributed by atoms with van der Waals surface area (Å²) < 4.78 is 5.53. The standard InChI is InChI=1S/C9H19NOS/c10-5-8-12-7-2-4-9-3-1-6-11-9/h9H,1-8,10H2. The van der Waals surface area contributed by atoms with E-state index in [2.05, 4.69) is 0 Å². The van der Waals surface area contributed by atoms with E-state index in [9.17, 15) is 0 Å². The summed E-state index contributed by atoms with van der Waals surface area (Å²) in [7, 11) is 0. The van der Waals surface area contributed by atoms with Crippen LogP contribution in [0.5, 0.6) is 0 Å². The first-order chi connectivity index (χ1) is 5.93. The van der Waals surface area contributed by atoms with Gasteiger partial charge in [0, 0.05) is 18.9 Å². The summed E-state index contributed by atoms with van der Waals surface area (Å²) in [4.78, 5) is 0. The van der Waals surface area contributed by atoms with Crippen LogP contribution in [0.1, 0.15) is 25.7 Å². The molecule has 1 aliphatic heterocycles. The molecule has 0 aromatic heterocycles. The van der Waals surface area contributed by atoms with Crippen LogP contribution in [0.2, 0.25) is 0 Å². The molecule has 1 atom stereocenters. The zero-order valence-corrected chi connectivity index (χ0v) is 8.44. The van der Waals surface area contributed by atoms with Gasteiger partial charge in [-0.1, -0.05) is 0 Å². The van der Waals surface area contributed by atoms with Crippen LogP contribution < -0.4 is 5.73 Å². The monoisotopic (exact) mass is 189 g/mol. The molecule has 0 aliphatic carbocycles. The summed E-state index contributed by atoms with van der Waals surface area (Å²) in [5.74, 6) is 2.35. The van der Waals surface area contributed by atoms with Crippen LogP contribution in [0.25, 0.3) is 0 Å². The van der Waals surface area contributed by atoms with E-state index in [1.165, 1.54) is 31.4 Å². The van der Waals surface area contributed by atoms with Gasteiger partial charge in [-0.05, 0) is 31.4 Å². The average Bonchev–Trinajstić information content (AvgIpc) is 2.57. The smallest absolute Gasteiger partial charge is 0.0576 e. The third kappa shape index (κ3) is 4.33. The van der Waals surface area contributed by atoms with Gasteiger partial charge >= 0.3 is 0 Å². The molecular weight excluding hydrogens is 170 g/mol. The van der Waals surface area contributed by atoms with E-state index in [1.807, 2.05) is 11.8 Å². The Hall–Kier alpha value is 0.270. The first kappa shape index (κ1) is 10.4. The summed E-state index contributed by atoms with van der Waals surface area (Å²) in [6, 6.07) is 0. The van der Waals surface area contributed by atoms with Crippen molar-refractivity contribution in [3.05, 3.63) is 0 Å². The summed E-state index contributed by atoms with van der Waals surface area (Å²) in [6.07, 6.45) is 5.65. The van der Waals surface area contributed by atoms with Crippen molar-refractivity contribution in [2.24, 2.45) is 5.73 Å². The van der Waals surface area contributed by atoms with Crippen molar-refractivity contribution >= 4 is 11.8 Å². The Bertz CT molecular complexity index is 105. The lowest BCUT2D eigenvalue weighted by Crippen LogP contribution is -2.06. The van der Waals surface area contributed by atoms with Gasteiger partial charge in [0.15, 0.2) is 0 Å². The second-order valence-electron chi connectivity index (χ2n) is 3.18. The van der Waals surface area contributed by atoms with Crippen LogP contribution in [0.3, 0.4) is 0 Å². The highest BCUT2D eigenvalue weighted by Gasteiger charge is 2.14. The highest BCUT2D eigenvalue weighted by atomic mass is 32.2. The normalized spacial score (nSPS) is 23.2. The van der Waals surface area contributed by atoms with E-state index in [-0.39, 0.29) is 0 Å². The summed E-state index contributed by atoms with van der Waals surface area (Å²) in [5.41, 5.74) is 5.39. The topological polar surface area (TPSA) is 35.2 Å². The quantitative estimate of drug-likeness (QED) is 0.645. The lowest BCUT2D eigenvalue weighted by atomic mass is 10.1. The van der Waals surface area contributed by atoms with Gasteiger partial charge in [-0.3, -0.25) is 0 Å². The highest BCUT2D eigenvalue weighted by molar-refractivity contribution is 7.99. The lowest BCUT2D eigenvalue weighted by Gasteiger charge is -2.07. The molecule has 1 unspecified atom stereocenters. The molecule has 2 N–H and O–H groups in total. The van der Waals surface area contributed by atoms with Crippen molar-refractivity contribution in [2.45, 2.75) is 31.8 Å². The van der Waals surface area contributed by atoms with Gasteiger partial charge in [-0.25, -0.2) is 0 Å². The molecule has 0 aromatic rings. The maximum atomic E-state index is 5.53. The largest absolute Gasteiger partial charge is 0.378 e. The van der Waals surface area contributed by atoms with Crippen LogP contribution in [0.4, 0.5) is 0 Å². The van der Waals surface area contributed by atoms with Crippen LogP contribution in [0.15, 0.2) is 0 Å². The van der Waals surface area contributed by atoms with Crippen molar-refractivity contribution in [1.29, 1.82) is 0 Å². The minimum absolute atomic E-state index is 0.573. The Labute approximate surface area is 79.2 Å². The Morgan fingerprint density at radius 3 is 3.00 bits per heavy atom. The van der Waals surface area contributed by atoms with Crippen LogP contribution in [-0.2, 0) is 4.74 Å². The molecule has 1 heterocycles. The Morgan fingerprint density at radius 1 is 1.42 bits per heavy atom. The van der Waals surface area contributed by atoms with Gasteiger partial charge in [0.1, 0.15) is 0 Å². The molecule has 3 heteroatoms. The van der Waals surface area contributed by atoms with Gasteiger partial charge in [0.2, 0.25) is 0 Å². The van der Waals surface area contributed by atoms with E-state index in [0.717, 1.165) is 18.9 Å². The fourth-order valence-electron chi connectivity index (χ4n) is 1.47. The predicted octanol–water partition coefficient (Wildman–Crippen LogP) is 1.64. The van der Waals surface area contributed by atoms with Gasteiger partial charge in [0.25, 0.3) is 0 Å². The Balaban J connectivity index is 1.81. The number of ether oxygens (including phenoxy) is 1. The van der Waals surface area contributed by atoms with Crippen LogP contribution in [0, 0.1) is 0 Å². The Morgan fingerprint density at radius 2 is 2.33 bits per heavy atom. The second-order valence-corrected chi connectivity index (χ2v) is 4.40. The molecule has 0 aromatic carbocycles. The maximum absolute atomic E-state index is 5.53. The lowest BCUT2D eigenvalue weighted by molar-refractivity contribution is 0.104. The van der Waals surface area contributed by atoms with Crippen molar-refractivity contribution in [1.82, 2.24) is 0 Å². The summed E-state index contributed by atoms with van der Waals surface area (Å²) in [6.45, 7) is 1.80. The molecular formula is C9H19NOS. The zero-order valence-electron chi connectivity index (χ0n) is 7.63. The average molecular weight is 189 g/mol. The van der Waals surface area contributed by atoms with Crippen molar-refractivity contribution < 1.29 is 4.74 Å². The predicted molar refractivity (Wildman–Crippen MR) is 54.6 cm³/mol. The van der Waals surface area contributed by atoms with Crippen LogP contribution >= 0.6 is 11.8 Å². The molecule has 0 amide bonds. The number of nitrogens with two attached hydrogens (primary N) is 1. The SMILES string of the molecule is NCCSCCCC1CCCO1. The third-order valence-electron chi connectivity index (χ3n) is 2.10. The summed E-state index contributed by atoms with van der Waals surface area (Å²) in [5, 5.41) is 0. The number of hydrogen-bond donors (Lipinski definition) is 1. The second kappa shape index (κ2) is 6.75. The molecule has 1 aliphatic rings. The molecule has 0 saturated carbocycles. The molecule has 1 fully saturated rings. The molecule has 2 nitrogen and oxygen atoms in total. The van der Waals surface area contributed by atoms with E-state index in [1.54, 1.807) is 0 Å². The maximum Gasteiger partial charge on any atom is 0.0576 e. The van der Waals surface area contributed by atoms with Gasteiger partial charge in [0.05, 0.1) is 6.10 Å². The molecule has 1 saturated heterocycles. The fourth-order valence-corrected chi connectivity index (χ4v) is 2.21. The number of hydrogen-bond acceptors (Lipinski definition) is 3. The summed E-state index contributed by atoms with van der Waals surface area (Å²) >= 11 is 1.96. The third-order valence-corrected chi connectivity index (χ3v) is 3.20. The first-order valence-electron chi connectivity index (χ1n) is 4.83. The Kier molecular flexibility index (Phi) is 5.82. The van der Waals surface area contributed by atoms with E-state index < -0.39 is 0 Å². The minimum atomic E-state index is 0.573. The van der Waals surface area contributed by atoms with Crippen molar-refractivity contribution in [3.8, 4) is 0 Å². The van der Waals surface area contributed by atoms with E-state index in [0.29, 0.717) is 6.10 Å².